The van der Waals surface area contributed by atoms with Crippen molar-refractivity contribution in [3.05, 3.63) is 17.7 Å². The summed E-state index contributed by atoms with van der Waals surface area (Å²) in [5.74, 6) is 1.25. The molecular formula is C14H24N4. The second kappa shape index (κ2) is 5.65. The van der Waals surface area contributed by atoms with Crippen LogP contribution in [0.25, 0.3) is 0 Å². The fourth-order valence-electron chi connectivity index (χ4n) is 2.67. The molecule has 1 aliphatic heterocycles. The standard InChI is InChI=1S/C14H24N4/c1-4-11-6-5-7-18(11)13-9-16-14(10(2)3)17-12(13)8-15/h9-11H,4-8,15H2,1-3H3. The first-order valence-electron chi connectivity index (χ1n) is 6.99. The third kappa shape index (κ3) is 2.48. The molecule has 1 unspecified atom stereocenters. The molecule has 0 spiro atoms. The third-order valence-corrected chi connectivity index (χ3v) is 3.73. The number of hydrogen-bond donors (Lipinski definition) is 1. The maximum Gasteiger partial charge on any atom is 0.131 e. The number of anilines is 1. The van der Waals surface area contributed by atoms with E-state index >= 15 is 0 Å². The average Bonchev–Trinajstić information content (AvgIpc) is 2.85. The smallest absolute Gasteiger partial charge is 0.131 e. The van der Waals surface area contributed by atoms with E-state index in [1.807, 2.05) is 6.20 Å². The first kappa shape index (κ1) is 13.3. The Labute approximate surface area is 110 Å². The molecule has 1 aliphatic rings. The van der Waals surface area contributed by atoms with E-state index in [2.05, 4.69) is 35.6 Å². The Morgan fingerprint density at radius 3 is 2.89 bits per heavy atom. The molecule has 1 atom stereocenters. The van der Waals surface area contributed by atoms with Crippen LogP contribution in [0.4, 0.5) is 5.69 Å². The van der Waals surface area contributed by atoms with Crippen LogP contribution < -0.4 is 10.6 Å². The van der Waals surface area contributed by atoms with E-state index in [0.29, 0.717) is 18.5 Å². The van der Waals surface area contributed by atoms with Gasteiger partial charge in [0.25, 0.3) is 0 Å². The first-order valence-corrected chi connectivity index (χ1v) is 6.99. The molecule has 0 bridgehead atoms. The highest BCUT2D eigenvalue weighted by Crippen LogP contribution is 2.29. The Morgan fingerprint density at radius 2 is 2.28 bits per heavy atom. The number of hydrogen-bond acceptors (Lipinski definition) is 4. The van der Waals surface area contributed by atoms with Crippen LogP contribution in [-0.2, 0) is 6.54 Å². The molecule has 0 amide bonds. The minimum atomic E-state index is 0.352. The highest BCUT2D eigenvalue weighted by Gasteiger charge is 2.25. The van der Waals surface area contributed by atoms with Crippen molar-refractivity contribution in [1.82, 2.24) is 9.97 Å². The molecule has 0 aliphatic carbocycles. The number of nitrogens with two attached hydrogens (primary N) is 1. The van der Waals surface area contributed by atoms with Crippen molar-refractivity contribution in [2.75, 3.05) is 11.4 Å². The molecule has 0 radical (unpaired) electrons. The third-order valence-electron chi connectivity index (χ3n) is 3.73. The highest BCUT2D eigenvalue weighted by molar-refractivity contribution is 5.51. The second-order valence-corrected chi connectivity index (χ2v) is 5.32. The predicted molar refractivity (Wildman–Crippen MR) is 74.7 cm³/mol. The summed E-state index contributed by atoms with van der Waals surface area (Å²) in [6, 6.07) is 0.629. The molecule has 1 saturated heterocycles. The molecule has 2 rings (SSSR count). The van der Waals surface area contributed by atoms with Crippen molar-refractivity contribution in [2.45, 2.75) is 58.5 Å². The van der Waals surface area contributed by atoms with E-state index in [1.54, 1.807) is 0 Å². The summed E-state index contributed by atoms with van der Waals surface area (Å²) in [7, 11) is 0. The van der Waals surface area contributed by atoms with Crippen LogP contribution in [0.5, 0.6) is 0 Å². The van der Waals surface area contributed by atoms with Crippen LogP contribution in [0, 0.1) is 0 Å². The van der Waals surface area contributed by atoms with Gasteiger partial charge in [0.15, 0.2) is 0 Å². The minimum absolute atomic E-state index is 0.352. The predicted octanol–water partition coefficient (Wildman–Crippen LogP) is 2.44. The zero-order chi connectivity index (χ0) is 13.1. The Kier molecular flexibility index (Phi) is 4.17. The monoisotopic (exact) mass is 248 g/mol. The lowest BCUT2D eigenvalue weighted by Crippen LogP contribution is -2.30. The SMILES string of the molecule is CCC1CCCN1c1cnc(C(C)C)nc1CN. The number of aromatic nitrogens is 2. The Morgan fingerprint density at radius 1 is 1.50 bits per heavy atom. The van der Waals surface area contributed by atoms with E-state index in [4.69, 9.17) is 5.73 Å². The lowest BCUT2D eigenvalue weighted by atomic mass is 10.1. The highest BCUT2D eigenvalue weighted by atomic mass is 15.2. The van der Waals surface area contributed by atoms with Crippen LogP contribution in [-0.4, -0.2) is 22.6 Å². The molecule has 1 fully saturated rings. The van der Waals surface area contributed by atoms with Gasteiger partial charge in [0.1, 0.15) is 5.82 Å². The summed E-state index contributed by atoms with van der Waals surface area (Å²) in [5, 5.41) is 0. The normalized spacial score (nSPS) is 19.8. The van der Waals surface area contributed by atoms with Gasteiger partial charge < -0.3 is 10.6 Å². The van der Waals surface area contributed by atoms with Gasteiger partial charge in [0.05, 0.1) is 17.6 Å². The quantitative estimate of drug-likeness (QED) is 0.889. The van der Waals surface area contributed by atoms with Crippen molar-refractivity contribution < 1.29 is 0 Å². The Bertz CT molecular complexity index is 403. The topological polar surface area (TPSA) is 55.0 Å². The molecule has 100 valence electrons. The van der Waals surface area contributed by atoms with Gasteiger partial charge in [0.2, 0.25) is 0 Å². The maximum absolute atomic E-state index is 5.86. The van der Waals surface area contributed by atoms with Crippen molar-refractivity contribution in [3.8, 4) is 0 Å². The molecule has 1 aromatic rings. The van der Waals surface area contributed by atoms with Crippen LogP contribution >= 0.6 is 0 Å². The van der Waals surface area contributed by atoms with Crippen LogP contribution in [0.3, 0.4) is 0 Å². The van der Waals surface area contributed by atoms with Gasteiger partial charge in [-0.1, -0.05) is 20.8 Å². The molecule has 0 aromatic carbocycles. The van der Waals surface area contributed by atoms with E-state index < -0.39 is 0 Å². The van der Waals surface area contributed by atoms with Crippen molar-refractivity contribution in [2.24, 2.45) is 5.73 Å². The average molecular weight is 248 g/mol. The Balaban J connectivity index is 2.32. The summed E-state index contributed by atoms with van der Waals surface area (Å²) >= 11 is 0. The summed E-state index contributed by atoms with van der Waals surface area (Å²) < 4.78 is 0. The fraction of sp³-hybridized carbons (Fsp3) is 0.714. The molecule has 4 heteroatoms. The van der Waals surface area contributed by atoms with Crippen molar-refractivity contribution in [3.63, 3.8) is 0 Å². The molecule has 18 heavy (non-hydrogen) atoms. The van der Waals surface area contributed by atoms with Crippen LogP contribution in [0.15, 0.2) is 6.20 Å². The molecular weight excluding hydrogens is 224 g/mol. The molecule has 2 N–H and O–H groups in total. The van der Waals surface area contributed by atoms with Gasteiger partial charge >= 0.3 is 0 Å². The van der Waals surface area contributed by atoms with Gasteiger partial charge in [-0.15, -0.1) is 0 Å². The molecule has 2 heterocycles. The summed E-state index contributed by atoms with van der Waals surface area (Å²) in [5.41, 5.74) is 8.00. The largest absolute Gasteiger partial charge is 0.366 e. The Hall–Kier alpha value is -1.16. The van der Waals surface area contributed by atoms with E-state index in [-0.39, 0.29) is 0 Å². The number of nitrogens with zero attached hydrogens (tertiary/aromatic N) is 3. The first-order chi connectivity index (χ1) is 8.67. The van der Waals surface area contributed by atoms with E-state index in [9.17, 15) is 0 Å². The molecule has 1 aromatic heterocycles. The van der Waals surface area contributed by atoms with Gasteiger partial charge in [-0.05, 0) is 19.3 Å². The van der Waals surface area contributed by atoms with E-state index in [0.717, 1.165) is 23.8 Å². The second-order valence-electron chi connectivity index (χ2n) is 5.32. The number of rotatable bonds is 4. The van der Waals surface area contributed by atoms with Gasteiger partial charge in [0, 0.05) is 25.0 Å². The minimum Gasteiger partial charge on any atom is -0.366 e. The van der Waals surface area contributed by atoms with Gasteiger partial charge in [-0.25, -0.2) is 9.97 Å². The summed E-state index contributed by atoms with van der Waals surface area (Å²) in [6.45, 7) is 8.06. The lowest BCUT2D eigenvalue weighted by molar-refractivity contribution is 0.638. The summed E-state index contributed by atoms with van der Waals surface area (Å²) in [6.07, 6.45) is 5.68. The van der Waals surface area contributed by atoms with Crippen molar-refractivity contribution in [1.29, 1.82) is 0 Å². The van der Waals surface area contributed by atoms with Crippen molar-refractivity contribution >= 4 is 5.69 Å². The fourth-order valence-corrected chi connectivity index (χ4v) is 2.67. The maximum atomic E-state index is 5.86. The van der Waals surface area contributed by atoms with Crippen LogP contribution in [0.1, 0.15) is 57.5 Å². The zero-order valence-electron chi connectivity index (χ0n) is 11.7. The summed E-state index contributed by atoms with van der Waals surface area (Å²) in [4.78, 5) is 11.6. The van der Waals surface area contributed by atoms with Gasteiger partial charge in [-0.3, -0.25) is 0 Å². The molecule has 4 nitrogen and oxygen atoms in total. The van der Waals surface area contributed by atoms with Crippen LogP contribution in [0.2, 0.25) is 0 Å². The van der Waals surface area contributed by atoms with Gasteiger partial charge in [-0.2, -0.15) is 0 Å². The van der Waals surface area contributed by atoms with E-state index in [1.165, 1.54) is 19.3 Å². The lowest BCUT2D eigenvalue weighted by Gasteiger charge is -2.27. The molecule has 0 saturated carbocycles. The zero-order valence-corrected chi connectivity index (χ0v) is 11.7.